The molecule has 3 atom stereocenters. The monoisotopic (exact) mass is 236 g/mol. The first kappa shape index (κ1) is 10.3. The van der Waals surface area contributed by atoms with Crippen molar-refractivity contribution in [1.29, 1.82) is 0 Å². The van der Waals surface area contributed by atoms with Crippen molar-refractivity contribution in [3.8, 4) is 0 Å². The second-order valence-corrected chi connectivity index (χ2v) is 5.57. The van der Waals surface area contributed by atoms with Crippen molar-refractivity contribution in [3.63, 3.8) is 0 Å². The molecule has 2 saturated heterocycles. The normalized spacial score (nSPS) is 33.1. The Bertz CT molecular complexity index is 390. The zero-order chi connectivity index (χ0) is 11.1. The highest BCUT2D eigenvalue weighted by Gasteiger charge is 2.44. The van der Waals surface area contributed by atoms with E-state index in [0.29, 0.717) is 18.0 Å². The molecule has 1 N–H and O–H groups in total. The van der Waals surface area contributed by atoms with Crippen LogP contribution in [-0.4, -0.2) is 36.0 Å². The summed E-state index contributed by atoms with van der Waals surface area (Å²) < 4.78 is 0. The number of hydrogen-bond donors (Lipinski definition) is 1. The quantitative estimate of drug-likeness (QED) is 0.803. The van der Waals surface area contributed by atoms with Gasteiger partial charge in [-0.15, -0.1) is 0 Å². The molecule has 1 aromatic rings. The first-order chi connectivity index (χ1) is 7.77. The van der Waals surface area contributed by atoms with Crippen molar-refractivity contribution >= 4 is 17.2 Å². The third-order valence-corrected chi connectivity index (χ3v) is 4.47. The van der Waals surface area contributed by atoms with E-state index in [1.54, 1.807) is 11.3 Å². The summed E-state index contributed by atoms with van der Waals surface area (Å²) in [4.78, 5) is 14.5. The fourth-order valence-corrected chi connectivity index (χ4v) is 3.68. The summed E-state index contributed by atoms with van der Waals surface area (Å²) in [6.07, 6.45) is 1.15. The number of nitrogens with zero attached hydrogens (tertiary/aromatic N) is 1. The van der Waals surface area contributed by atoms with Crippen molar-refractivity contribution in [3.05, 3.63) is 22.4 Å². The Labute approximate surface area is 99.5 Å². The Balaban J connectivity index is 1.86. The molecule has 3 rings (SSSR count). The van der Waals surface area contributed by atoms with E-state index in [2.05, 4.69) is 17.1 Å². The summed E-state index contributed by atoms with van der Waals surface area (Å²) >= 11 is 1.59. The summed E-state index contributed by atoms with van der Waals surface area (Å²) in [5.74, 6) is 0.877. The van der Waals surface area contributed by atoms with Crippen LogP contribution in [0.4, 0.5) is 0 Å². The molecule has 16 heavy (non-hydrogen) atoms. The number of fused-ring (bicyclic) bond motifs is 1. The highest BCUT2D eigenvalue weighted by molar-refractivity contribution is 7.08. The number of likely N-dealkylation sites (tertiary alicyclic amines) is 1. The minimum atomic E-state index is 0.213. The minimum absolute atomic E-state index is 0.213. The molecule has 0 spiro atoms. The van der Waals surface area contributed by atoms with Crippen molar-refractivity contribution in [2.45, 2.75) is 25.4 Å². The van der Waals surface area contributed by atoms with Crippen LogP contribution in [0.1, 0.15) is 23.7 Å². The molecule has 4 heteroatoms. The van der Waals surface area contributed by atoms with Gasteiger partial charge in [0.05, 0.1) is 5.56 Å². The summed E-state index contributed by atoms with van der Waals surface area (Å²) in [6.45, 7) is 4.20. The molecule has 2 aliphatic rings. The Morgan fingerprint density at radius 2 is 2.44 bits per heavy atom. The van der Waals surface area contributed by atoms with E-state index in [-0.39, 0.29) is 5.91 Å². The Hall–Kier alpha value is -0.870. The maximum absolute atomic E-state index is 12.4. The molecular weight excluding hydrogens is 220 g/mol. The van der Waals surface area contributed by atoms with Crippen LogP contribution >= 0.6 is 11.3 Å². The second kappa shape index (κ2) is 3.86. The lowest BCUT2D eigenvalue weighted by molar-refractivity contribution is 0.0683. The molecule has 86 valence electrons. The van der Waals surface area contributed by atoms with Crippen LogP contribution < -0.4 is 5.32 Å². The maximum Gasteiger partial charge on any atom is 0.255 e. The molecule has 1 aromatic heterocycles. The predicted molar refractivity (Wildman–Crippen MR) is 64.7 cm³/mol. The van der Waals surface area contributed by atoms with Gasteiger partial charge in [-0.3, -0.25) is 4.79 Å². The van der Waals surface area contributed by atoms with Gasteiger partial charge in [0, 0.05) is 30.6 Å². The third-order valence-electron chi connectivity index (χ3n) is 3.78. The van der Waals surface area contributed by atoms with Crippen molar-refractivity contribution in [2.75, 3.05) is 13.1 Å². The third kappa shape index (κ3) is 1.48. The number of carbonyl (C=O) groups is 1. The molecule has 0 aliphatic carbocycles. The summed E-state index contributed by atoms with van der Waals surface area (Å²) in [5, 5.41) is 7.30. The van der Waals surface area contributed by atoms with Crippen LogP contribution in [0.3, 0.4) is 0 Å². The lowest BCUT2D eigenvalue weighted by Crippen LogP contribution is -2.42. The van der Waals surface area contributed by atoms with Gasteiger partial charge in [0.25, 0.3) is 5.91 Å². The Morgan fingerprint density at radius 3 is 3.19 bits per heavy atom. The van der Waals surface area contributed by atoms with Gasteiger partial charge in [0.15, 0.2) is 0 Å². The minimum Gasteiger partial charge on any atom is -0.331 e. The largest absolute Gasteiger partial charge is 0.331 e. The van der Waals surface area contributed by atoms with Crippen LogP contribution in [-0.2, 0) is 0 Å². The van der Waals surface area contributed by atoms with Gasteiger partial charge in [-0.1, -0.05) is 0 Å². The van der Waals surface area contributed by atoms with Crippen molar-refractivity contribution in [2.24, 2.45) is 5.92 Å². The van der Waals surface area contributed by atoms with E-state index in [1.807, 2.05) is 16.8 Å². The van der Waals surface area contributed by atoms with Crippen LogP contribution in [0.2, 0.25) is 0 Å². The van der Waals surface area contributed by atoms with Gasteiger partial charge in [0.2, 0.25) is 0 Å². The number of carbonyl (C=O) groups excluding carboxylic acids is 1. The summed E-state index contributed by atoms with van der Waals surface area (Å²) in [5.41, 5.74) is 0.851. The van der Waals surface area contributed by atoms with E-state index in [9.17, 15) is 4.79 Å². The average molecular weight is 236 g/mol. The van der Waals surface area contributed by atoms with Gasteiger partial charge < -0.3 is 10.2 Å². The highest BCUT2D eigenvalue weighted by Crippen LogP contribution is 2.33. The molecule has 0 radical (unpaired) electrons. The number of nitrogens with one attached hydrogen (secondary N) is 1. The summed E-state index contributed by atoms with van der Waals surface area (Å²) in [6, 6.07) is 2.74. The van der Waals surface area contributed by atoms with Gasteiger partial charge in [-0.2, -0.15) is 11.3 Å². The fourth-order valence-electron chi connectivity index (χ4n) is 3.05. The van der Waals surface area contributed by atoms with Gasteiger partial charge in [-0.25, -0.2) is 0 Å². The van der Waals surface area contributed by atoms with Crippen LogP contribution in [0, 0.1) is 5.92 Å². The number of amides is 1. The van der Waals surface area contributed by atoms with E-state index in [0.717, 1.165) is 25.1 Å². The van der Waals surface area contributed by atoms with Gasteiger partial charge in [0.1, 0.15) is 0 Å². The van der Waals surface area contributed by atoms with E-state index in [4.69, 9.17) is 0 Å². The molecule has 1 amide bonds. The van der Waals surface area contributed by atoms with Crippen LogP contribution in [0.15, 0.2) is 16.8 Å². The smallest absolute Gasteiger partial charge is 0.255 e. The van der Waals surface area contributed by atoms with E-state index >= 15 is 0 Å². The highest BCUT2D eigenvalue weighted by atomic mass is 32.1. The molecule has 0 aromatic carbocycles. The molecule has 3 nitrogen and oxygen atoms in total. The Kier molecular flexibility index (Phi) is 2.48. The van der Waals surface area contributed by atoms with E-state index in [1.165, 1.54) is 0 Å². The lowest BCUT2D eigenvalue weighted by Gasteiger charge is -2.27. The maximum atomic E-state index is 12.4. The zero-order valence-corrected chi connectivity index (χ0v) is 10.2. The van der Waals surface area contributed by atoms with Crippen LogP contribution in [0.5, 0.6) is 0 Å². The first-order valence-electron chi connectivity index (χ1n) is 5.83. The van der Waals surface area contributed by atoms with Crippen molar-refractivity contribution < 1.29 is 4.79 Å². The number of hydrogen-bond acceptors (Lipinski definition) is 3. The first-order valence-corrected chi connectivity index (χ1v) is 6.77. The molecule has 0 bridgehead atoms. The molecule has 2 fully saturated rings. The lowest BCUT2D eigenvalue weighted by atomic mass is 10.0. The van der Waals surface area contributed by atoms with Crippen LogP contribution in [0.25, 0.3) is 0 Å². The standard InChI is InChI=1S/C12H16N2OS/c1-8-4-10-5-13-6-11(10)14(8)12(15)9-2-3-16-7-9/h2-3,7-8,10-11,13H,4-6H2,1H3. The predicted octanol–water partition coefficient (Wildman–Crippen LogP) is 1.57. The van der Waals surface area contributed by atoms with Crippen molar-refractivity contribution in [1.82, 2.24) is 10.2 Å². The number of thiophene rings is 1. The molecular formula is C12H16N2OS. The van der Waals surface area contributed by atoms with Gasteiger partial charge in [-0.05, 0) is 30.7 Å². The molecule has 0 saturated carbocycles. The summed E-state index contributed by atoms with van der Waals surface area (Å²) in [7, 11) is 0. The van der Waals surface area contributed by atoms with Gasteiger partial charge >= 0.3 is 0 Å². The molecule has 3 unspecified atom stereocenters. The fraction of sp³-hybridized carbons (Fsp3) is 0.583. The topological polar surface area (TPSA) is 32.3 Å². The number of rotatable bonds is 1. The molecule has 3 heterocycles. The van der Waals surface area contributed by atoms with E-state index < -0.39 is 0 Å². The zero-order valence-electron chi connectivity index (χ0n) is 9.35. The average Bonchev–Trinajstić information content (AvgIpc) is 2.89. The second-order valence-electron chi connectivity index (χ2n) is 4.79. The Morgan fingerprint density at radius 1 is 1.56 bits per heavy atom. The SMILES string of the molecule is CC1CC2CNCC2N1C(=O)c1ccsc1. The molecule has 2 aliphatic heterocycles.